The Kier molecular flexibility index (Phi) is 5.81. The second-order valence-electron chi connectivity index (χ2n) is 7.76. The third kappa shape index (κ3) is 4.01. The van der Waals surface area contributed by atoms with Crippen molar-refractivity contribution < 1.29 is 19.1 Å². The molecule has 0 radical (unpaired) electrons. The van der Waals surface area contributed by atoms with Crippen LogP contribution in [0.4, 0.5) is 4.79 Å². The molecule has 7 heteroatoms. The highest BCUT2D eigenvalue weighted by Crippen LogP contribution is 2.25. The normalized spacial score (nSPS) is 15.5. The molecule has 3 aromatic rings. The summed E-state index contributed by atoms with van der Waals surface area (Å²) < 4.78 is 7.97. The number of urea groups is 1. The molecule has 0 spiro atoms. The minimum Gasteiger partial charge on any atom is -0.492 e. The summed E-state index contributed by atoms with van der Waals surface area (Å²) in [4.78, 5) is 37.9. The van der Waals surface area contributed by atoms with Gasteiger partial charge in [-0.15, -0.1) is 0 Å². The molecule has 32 heavy (non-hydrogen) atoms. The molecule has 7 nitrogen and oxygen atoms in total. The summed E-state index contributed by atoms with van der Waals surface area (Å²) in [6.07, 6.45) is 3.45. The monoisotopic (exact) mass is 431 g/mol. The summed E-state index contributed by atoms with van der Waals surface area (Å²) in [6.45, 7) is 7.05. The molecule has 0 atom stereocenters. The molecule has 0 bridgehead atoms. The number of para-hydroxylation sites is 1. The number of ether oxygens (including phenoxy) is 1. The van der Waals surface area contributed by atoms with Crippen molar-refractivity contribution >= 4 is 34.8 Å². The minimum atomic E-state index is -0.689. The average Bonchev–Trinajstić information content (AvgIpc) is 3.11. The van der Waals surface area contributed by atoms with E-state index in [-0.39, 0.29) is 12.1 Å². The van der Waals surface area contributed by atoms with E-state index in [1.54, 1.807) is 13.0 Å². The maximum Gasteiger partial charge on any atom is 0.331 e. The molecule has 2 heterocycles. The lowest BCUT2D eigenvalue weighted by molar-refractivity contribution is -0.129. The van der Waals surface area contributed by atoms with Gasteiger partial charge in [-0.2, -0.15) is 0 Å². The second-order valence-corrected chi connectivity index (χ2v) is 7.76. The van der Waals surface area contributed by atoms with E-state index in [2.05, 4.69) is 19.2 Å². The lowest BCUT2D eigenvalue weighted by Gasteiger charge is -2.24. The van der Waals surface area contributed by atoms with Crippen LogP contribution in [0.2, 0.25) is 0 Å². The summed E-state index contributed by atoms with van der Waals surface area (Å²) >= 11 is 0. The van der Waals surface area contributed by atoms with Gasteiger partial charge >= 0.3 is 6.03 Å². The first-order valence-electron chi connectivity index (χ1n) is 10.6. The number of hydrogen-bond donors (Lipinski definition) is 1. The first kappa shape index (κ1) is 21.4. The van der Waals surface area contributed by atoms with Crippen LogP contribution in [0.25, 0.3) is 17.0 Å². The Labute approximate surface area is 186 Å². The van der Waals surface area contributed by atoms with E-state index in [4.69, 9.17) is 4.74 Å². The highest BCUT2D eigenvalue weighted by atomic mass is 16.5. The first-order chi connectivity index (χ1) is 15.4. The summed E-state index contributed by atoms with van der Waals surface area (Å²) in [6, 6.07) is 13.1. The zero-order chi connectivity index (χ0) is 22.8. The highest BCUT2D eigenvalue weighted by molar-refractivity contribution is 6.31. The predicted molar refractivity (Wildman–Crippen MR) is 122 cm³/mol. The van der Waals surface area contributed by atoms with Crippen LogP contribution in [0.5, 0.6) is 5.75 Å². The zero-order valence-corrected chi connectivity index (χ0v) is 18.3. The van der Waals surface area contributed by atoms with Gasteiger partial charge < -0.3 is 9.30 Å². The van der Waals surface area contributed by atoms with E-state index in [1.807, 2.05) is 53.2 Å². The van der Waals surface area contributed by atoms with Gasteiger partial charge in [-0.1, -0.05) is 24.3 Å². The molecule has 4 rings (SSSR count). The number of imide groups is 2. The summed E-state index contributed by atoms with van der Waals surface area (Å²) in [7, 11) is 0. The molecule has 164 valence electrons. The molecule has 1 aromatic heterocycles. The van der Waals surface area contributed by atoms with E-state index in [9.17, 15) is 14.4 Å². The van der Waals surface area contributed by atoms with Gasteiger partial charge in [0.1, 0.15) is 17.9 Å². The van der Waals surface area contributed by atoms with Crippen LogP contribution in [0.15, 0.2) is 54.2 Å². The molecule has 4 amide bonds. The molecule has 1 aliphatic rings. The Morgan fingerprint density at radius 2 is 1.81 bits per heavy atom. The number of amides is 4. The van der Waals surface area contributed by atoms with Crippen molar-refractivity contribution in [1.29, 1.82) is 0 Å². The van der Waals surface area contributed by atoms with Crippen LogP contribution in [-0.4, -0.2) is 40.5 Å². The lowest BCUT2D eigenvalue weighted by atomic mass is 10.1. The fourth-order valence-corrected chi connectivity index (χ4v) is 3.78. The maximum absolute atomic E-state index is 12.7. The quantitative estimate of drug-likeness (QED) is 0.475. The summed E-state index contributed by atoms with van der Waals surface area (Å²) in [5.41, 5.74) is 4.04. The number of benzene rings is 2. The minimum absolute atomic E-state index is 0.0549. The van der Waals surface area contributed by atoms with Crippen molar-refractivity contribution in [2.75, 3.05) is 13.2 Å². The fraction of sp³-hybridized carbons (Fsp3) is 0.240. The van der Waals surface area contributed by atoms with E-state index in [1.165, 1.54) is 11.1 Å². The molecule has 1 aliphatic heterocycles. The van der Waals surface area contributed by atoms with Gasteiger partial charge in [0, 0.05) is 29.2 Å². The number of carbonyl (C=O) groups is 3. The van der Waals surface area contributed by atoms with Gasteiger partial charge in [-0.25, -0.2) is 4.79 Å². The highest BCUT2D eigenvalue weighted by Gasteiger charge is 2.34. The van der Waals surface area contributed by atoms with Crippen LogP contribution in [0.1, 0.15) is 23.6 Å². The predicted octanol–water partition coefficient (Wildman–Crippen LogP) is 3.82. The van der Waals surface area contributed by atoms with Crippen molar-refractivity contribution in [3.63, 3.8) is 0 Å². The molecule has 0 saturated carbocycles. The summed E-state index contributed by atoms with van der Waals surface area (Å²) in [5.74, 6) is -0.448. The maximum atomic E-state index is 12.7. The molecule has 1 fully saturated rings. The average molecular weight is 431 g/mol. The molecule has 0 unspecified atom stereocenters. The largest absolute Gasteiger partial charge is 0.492 e. The van der Waals surface area contributed by atoms with Gasteiger partial charge in [-0.05, 0) is 56.2 Å². The molecule has 1 N–H and O–H groups in total. The van der Waals surface area contributed by atoms with Crippen molar-refractivity contribution in [2.24, 2.45) is 0 Å². The van der Waals surface area contributed by atoms with Crippen LogP contribution < -0.4 is 10.1 Å². The molecule has 0 aliphatic carbocycles. The topological polar surface area (TPSA) is 80.6 Å². The SMILES string of the molecule is CCN1C(=O)NC(=O)/C(=C\c2cn(CCOc3ccc(C)c(C)c3)c3ccccc23)C1=O. The number of likely N-dealkylation sites (N-methyl/N-ethyl adjacent to an activating group) is 1. The number of hydrogen-bond acceptors (Lipinski definition) is 4. The molecule has 2 aromatic carbocycles. The Balaban J connectivity index is 1.60. The van der Waals surface area contributed by atoms with Crippen molar-refractivity contribution in [3.05, 3.63) is 70.9 Å². The Morgan fingerprint density at radius 3 is 2.56 bits per heavy atom. The Hall–Kier alpha value is -3.87. The Morgan fingerprint density at radius 1 is 1.03 bits per heavy atom. The lowest BCUT2D eigenvalue weighted by Crippen LogP contribution is -2.53. The van der Waals surface area contributed by atoms with E-state index in [0.29, 0.717) is 13.2 Å². The number of rotatable bonds is 6. The smallest absolute Gasteiger partial charge is 0.331 e. The number of aromatic nitrogens is 1. The second kappa shape index (κ2) is 8.70. The van der Waals surface area contributed by atoms with Gasteiger partial charge in [0.25, 0.3) is 11.8 Å². The Bertz CT molecular complexity index is 1260. The standard InChI is InChI=1S/C25H25N3O4/c1-4-28-24(30)21(23(29)26-25(28)31)14-18-15-27(22-8-6-5-7-20(18)22)11-12-32-19-10-9-16(2)17(3)13-19/h5-10,13-15H,4,11-12H2,1-3H3,(H,26,29,31)/b21-14+. The van der Waals surface area contributed by atoms with Crippen LogP contribution in [-0.2, 0) is 16.1 Å². The van der Waals surface area contributed by atoms with Gasteiger partial charge in [0.2, 0.25) is 0 Å². The molecular weight excluding hydrogens is 406 g/mol. The number of fused-ring (bicyclic) bond motifs is 1. The van der Waals surface area contributed by atoms with E-state index < -0.39 is 17.8 Å². The van der Waals surface area contributed by atoms with Gasteiger partial charge in [0.15, 0.2) is 0 Å². The van der Waals surface area contributed by atoms with E-state index >= 15 is 0 Å². The van der Waals surface area contributed by atoms with Gasteiger partial charge in [-0.3, -0.25) is 19.8 Å². The van der Waals surface area contributed by atoms with Crippen molar-refractivity contribution in [1.82, 2.24) is 14.8 Å². The van der Waals surface area contributed by atoms with Crippen LogP contribution in [0.3, 0.4) is 0 Å². The third-order valence-corrected chi connectivity index (χ3v) is 5.70. The van der Waals surface area contributed by atoms with Gasteiger partial charge in [0.05, 0.1) is 6.54 Å². The number of nitrogens with one attached hydrogen (secondary N) is 1. The number of barbiturate groups is 1. The van der Waals surface area contributed by atoms with Crippen molar-refractivity contribution in [2.45, 2.75) is 27.3 Å². The fourth-order valence-electron chi connectivity index (χ4n) is 3.78. The van der Waals surface area contributed by atoms with E-state index in [0.717, 1.165) is 27.1 Å². The van der Waals surface area contributed by atoms with Crippen molar-refractivity contribution in [3.8, 4) is 5.75 Å². The number of nitrogens with zero attached hydrogens (tertiary/aromatic N) is 2. The number of carbonyl (C=O) groups excluding carboxylic acids is 3. The number of aryl methyl sites for hydroxylation is 2. The molecule has 1 saturated heterocycles. The van der Waals surface area contributed by atoms with Crippen LogP contribution >= 0.6 is 0 Å². The third-order valence-electron chi connectivity index (χ3n) is 5.70. The van der Waals surface area contributed by atoms with Crippen LogP contribution in [0, 0.1) is 13.8 Å². The summed E-state index contributed by atoms with van der Waals surface area (Å²) in [5, 5.41) is 3.14. The molecular formula is C25H25N3O4. The first-order valence-corrected chi connectivity index (χ1v) is 10.6. The zero-order valence-electron chi connectivity index (χ0n) is 18.3.